The molecule has 0 aliphatic carbocycles. The van der Waals surface area contributed by atoms with E-state index < -0.39 is 17.8 Å². The number of aromatic nitrogens is 3. The lowest BCUT2D eigenvalue weighted by Gasteiger charge is -2.28. The van der Waals surface area contributed by atoms with E-state index in [4.69, 9.17) is 4.74 Å². The second-order valence-corrected chi connectivity index (χ2v) is 6.80. The first-order valence-corrected chi connectivity index (χ1v) is 9.29. The van der Waals surface area contributed by atoms with Gasteiger partial charge in [-0.2, -0.15) is 5.10 Å². The van der Waals surface area contributed by atoms with Gasteiger partial charge in [-0.05, 0) is 13.0 Å². The normalized spacial score (nSPS) is 14.6. The predicted molar refractivity (Wildman–Crippen MR) is 104 cm³/mol. The number of alkyl halides is 2. The molecule has 1 aromatic carbocycles. The number of halogens is 3. The molecule has 4 rings (SSSR count). The van der Waals surface area contributed by atoms with Crippen LogP contribution in [0.2, 0.25) is 0 Å². The summed E-state index contributed by atoms with van der Waals surface area (Å²) in [6.45, 7) is 4.64. The molecule has 152 valence electrons. The Labute approximate surface area is 165 Å². The molecule has 0 bridgehead atoms. The standard InChI is InChI=1S/C20H20F3N5O/c1-12-18-16(9-14(11-24-18)28-5-7-29-8-6-28)20(27-26-12)25-10-13-3-2-4-15(17(13)21)19(22)23/h2-4,9,11,19H,5-8,10H2,1H3,(H,25,27). The van der Waals surface area contributed by atoms with Gasteiger partial charge in [-0.25, -0.2) is 13.2 Å². The summed E-state index contributed by atoms with van der Waals surface area (Å²) in [7, 11) is 0. The van der Waals surface area contributed by atoms with Crippen LogP contribution in [0.15, 0.2) is 30.5 Å². The zero-order valence-corrected chi connectivity index (χ0v) is 15.8. The summed E-state index contributed by atoms with van der Waals surface area (Å²) in [5.74, 6) is -0.485. The van der Waals surface area contributed by atoms with E-state index in [-0.39, 0.29) is 12.1 Å². The van der Waals surface area contributed by atoms with Crippen LogP contribution in [-0.4, -0.2) is 41.5 Å². The minimum Gasteiger partial charge on any atom is -0.378 e. The minimum absolute atomic E-state index is 0.00101. The van der Waals surface area contributed by atoms with E-state index in [2.05, 4.69) is 25.4 Å². The number of nitrogens with one attached hydrogen (secondary N) is 1. The quantitative estimate of drug-likeness (QED) is 0.698. The highest BCUT2D eigenvalue weighted by Gasteiger charge is 2.18. The molecule has 2 aromatic heterocycles. The van der Waals surface area contributed by atoms with Crippen LogP contribution in [0, 0.1) is 12.7 Å². The Bertz CT molecular complexity index is 1020. The van der Waals surface area contributed by atoms with Crippen molar-refractivity contribution in [2.75, 3.05) is 36.5 Å². The van der Waals surface area contributed by atoms with Crippen molar-refractivity contribution in [2.45, 2.75) is 19.9 Å². The highest BCUT2D eigenvalue weighted by atomic mass is 19.3. The van der Waals surface area contributed by atoms with E-state index in [0.29, 0.717) is 30.2 Å². The SMILES string of the molecule is Cc1nnc(NCc2cccc(C(F)F)c2F)c2cc(N3CCOCC3)cnc12. The molecular formula is C20H20F3N5O. The summed E-state index contributed by atoms with van der Waals surface area (Å²) >= 11 is 0. The molecule has 29 heavy (non-hydrogen) atoms. The molecule has 6 nitrogen and oxygen atoms in total. The summed E-state index contributed by atoms with van der Waals surface area (Å²) in [6, 6.07) is 5.93. The molecule has 1 saturated heterocycles. The van der Waals surface area contributed by atoms with Crippen molar-refractivity contribution in [2.24, 2.45) is 0 Å². The number of nitrogens with zero attached hydrogens (tertiary/aromatic N) is 4. The van der Waals surface area contributed by atoms with Gasteiger partial charge in [0, 0.05) is 30.6 Å². The Kier molecular flexibility index (Phi) is 5.48. The van der Waals surface area contributed by atoms with Gasteiger partial charge in [0.05, 0.1) is 41.9 Å². The highest BCUT2D eigenvalue weighted by molar-refractivity contribution is 5.92. The van der Waals surface area contributed by atoms with Gasteiger partial charge in [0.2, 0.25) is 0 Å². The fraction of sp³-hybridized carbons (Fsp3) is 0.350. The molecule has 1 fully saturated rings. The molecule has 0 amide bonds. The smallest absolute Gasteiger partial charge is 0.266 e. The lowest BCUT2D eigenvalue weighted by atomic mass is 10.1. The number of fused-ring (bicyclic) bond motifs is 1. The fourth-order valence-corrected chi connectivity index (χ4v) is 3.36. The molecule has 9 heteroatoms. The van der Waals surface area contributed by atoms with Gasteiger partial charge in [0.15, 0.2) is 5.82 Å². The van der Waals surface area contributed by atoms with Crippen LogP contribution in [0.3, 0.4) is 0 Å². The average Bonchev–Trinajstić information content (AvgIpc) is 2.74. The molecule has 3 aromatic rings. The van der Waals surface area contributed by atoms with Crippen LogP contribution in [0.5, 0.6) is 0 Å². The Balaban J connectivity index is 1.65. The number of pyridine rings is 1. The second-order valence-electron chi connectivity index (χ2n) is 6.80. The third-order valence-electron chi connectivity index (χ3n) is 4.94. The van der Waals surface area contributed by atoms with Crippen molar-refractivity contribution in [1.82, 2.24) is 15.2 Å². The lowest BCUT2D eigenvalue weighted by Crippen LogP contribution is -2.36. The summed E-state index contributed by atoms with van der Waals surface area (Å²) in [6.07, 6.45) is -1.08. The van der Waals surface area contributed by atoms with Crippen molar-refractivity contribution >= 4 is 22.4 Å². The van der Waals surface area contributed by atoms with Crippen LogP contribution in [-0.2, 0) is 11.3 Å². The Morgan fingerprint density at radius 3 is 2.76 bits per heavy atom. The van der Waals surface area contributed by atoms with E-state index >= 15 is 0 Å². The van der Waals surface area contributed by atoms with Gasteiger partial charge in [0.1, 0.15) is 5.82 Å². The van der Waals surface area contributed by atoms with E-state index in [0.717, 1.165) is 30.2 Å². The van der Waals surface area contributed by atoms with Gasteiger partial charge in [-0.3, -0.25) is 4.98 Å². The topological polar surface area (TPSA) is 63.2 Å². The van der Waals surface area contributed by atoms with Gasteiger partial charge < -0.3 is 15.0 Å². The van der Waals surface area contributed by atoms with Crippen LogP contribution in [0.25, 0.3) is 10.9 Å². The molecule has 0 saturated carbocycles. The molecule has 0 radical (unpaired) electrons. The van der Waals surface area contributed by atoms with E-state index in [1.807, 2.05) is 13.0 Å². The predicted octanol–water partition coefficient (Wildman–Crippen LogP) is 3.86. The van der Waals surface area contributed by atoms with Crippen molar-refractivity contribution in [3.63, 3.8) is 0 Å². The first-order valence-electron chi connectivity index (χ1n) is 9.29. The summed E-state index contributed by atoms with van der Waals surface area (Å²) in [5.41, 5.74) is 1.81. The Morgan fingerprint density at radius 2 is 2.00 bits per heavy atom. The number of aryl methyl sites for hydroxylation is 1. The monoisotopic (exact) mass is 403 g/mol. The van der Waals surface area contributed by atoms with Crippen molar-refractivity contribution < 1.29 is 17.9 Å². The number of hydrogen-bond donors (Lipinski definition) is 1. The third-order valence-corrected chi connectivity index (χ3v) is 4.94. The number of benzene rings is 1. The highest BCUT2D eigenvalue weighted by Crippen LogP contribution is 2.28. The largest absolute Gasteiger partial charge is 0.378 e. The van der Waals surface area contributed by atoms with Crippen LogP contribution >= 0.6 is 0 Å². The molecule has 3 heterocycles. The molecule has 0 unspecified atom stereocenters. The summed E-state index contributed by atoms with van der Waals surface area (Å²) in [4.78, 5) is 6.70. The van der Waals surface area contributed by atoms with Gasteiger partial charge in [0.25, 0.3) is 6.43 Å². The zero-order valence-electron chi connectivity index (χ0n) is 15.8. The van der Waals surface area contributed by atoms with Crippen molar-refractivity contribution in [1.29, 1.82) is 0 Å². The maximum Gasteiger partial charge on any atom is 0.266 e. The number of hydrogen-bond acceptors (Lipinski definition) is 6. The molecule has 1 N–H and O–H groups in total. The second kappa shape index (κ2) is 8.20. The number of morpholine rings is 1. The van der Waals surface area contributed by atoms with Crippen LogP contribution in [0.1, 0.15) is 23.2 Å². The summed E-state index contributed by atoms with van der Waals surface area (Å²) in [5, 5.41) is 12.1. The maximum absolute atomic E-state index is 14.3. The molecule has 0 spiro atoms. The number of ether oxygens (including phenoxy) is 1. The molecule has 1 aliphatic heterocycles. The van der Waals surface area contributed by atoms with Crippen LogP contribution in [0.4, 0.5) is 24.7 Å². The maximum atomic E-state index is 14.3. The third kappa shape index (κ3) is 3.95. The molecule has 1 aliphatic rings. The van der Waals surface area contributed by atoms with Crippen molar-refractivity contribution in [3.05, 3.63) is 53.1 Å². The average molecular weight is 403 g/mol. The number of anilines is 2. The van der Waals surface area contributed by atoms with E-state index in [1.165, 1.54) is 12.1 Å². The Morgan fingerprint density at radius 1 is 1.21 bits per heavy atom. The van der Waals surface area contributed by atoms with Crippen LogP contribution < -0.4 is 10.2 Å². The first kappa shape index (κ1) is 19.4. The zero-order chi connectivity index (χ0) is 20.4. The first-order chi connectivity index (χ1) is 14.0. The van der Waals surface area contributed by atoms with Gasteiger partial charge >= 0.3 is 0 Å². The lowest BCUT2D eigenvalue weighted by molar-refractivity contribution is 0.122. The van der Waals surface area contributed by atoms with E-state index in [9.17, 15) is 13.2 Å². The molecule has 0 atom stereocenters. The number of rotatable bonds is 5. The Hall–Kier alpha value is -2.94. The van der Waals surface area contributed by atoms with Crippen molar-refractivity contribution in [3.8, 4) is 0 Å². The van der Waals surface area contributed by atoms with Gasteiger partial charge in [-0.15, -0.1) is 5.10 Å². The summed E-state index contributed by atoms with van der Waals surface area (Å²) < 4.78 is 45.6. The molecular weight excluding hydrogens is 383 g/mol. The minimum atomic E-state index is -2.87. The van der Waals surface area contributed by atoms with E-state index in [1.54, 1.807) is 6.20 Å². The van der Waals surface area contributed by atoms with Gasteiger partial charge in [-0.1, -0.05) is 18.2 Å². The fourth-order valence-electron chi connectivity index (χ4n) is 3.36.